The second-order valence-corrected chi connectivity index (χ2v) is 5.64. The van der Waals surface area contributed by atoms with Crippen molar-refractivity contribution in [3.05, 3.63) is 11.9 Å². The first-order valence-corrected chi connectivity index (χ1v) is 6.56. The number of rotatable bonds is 4. The van der Waals surface area contributed by atoms with E-state index in [0.717, 1.165) is 26.2 Å². The van der Waals surface area contributed by atoms with Crippen LogP contribution in [0.15, 0.2) is 6.20 Å². The van der Waals surface area contributed by atoms with Crippen LogP contribution in [0.3, 0.4) is 0 Å². The highest BCUT2D eigenvalue weighted by Gasteiger charge is 2.29. The molecule has 1 aromatic rings. The van der Waals surface area contributed by atoms with E-state index in [1.165, 1.54) is 6.20 Å². The summed E-state index contributed by atoms with van der Waals surface area (Å²) in [7, 11) is 2.14. The Kier molecular flexibility index (Phi) is 4.16. The standard InChI is InChI=1S/C12H22N6O/c1-12(2,18-6-4-17(3)5-7-18)9-13-11(19)10-8-14-16-15-10/h8H,4-7,9H2,1-3H3,(H,13,19)(H,14,15,16). The minimum Gasteiger partial charge on any atom is -0.349 e. The number of aromatic nitrogens is 3. The first kappa shape index (κ1) is 14.0. The van der Waals surface area contributed by atoms with Crippen molar-refractivity contribution >= 4 is 5.91 Å². The van der Waals surface area contributed by atoms with Crippen LogP contribution in [0.1, 0.15) is 24.3 Å². The van der Waals surface area contributed by atoms with Crippen LogP contribution in [0, 0.1) is 0 Å². The van der Waals surface area contributed by atoms with Crippen molar-refractivity contribution in [3.8, 4) is 0 Å². The lowest BCUT2D eigenvalue weighted by Gasteiger charge is -2.43. The molecule has 2 heterocycles. The summed E-state index contributed by atoms with van der Waals surface area (Å²) < 4.78 is 0. The zero-order valence-corrected chi connectivity index (χ0v) is 11.8. The molecule has 2 N–H and O–H groups in total. The lowest BCUT2D eigenvalue weighted by Crippen LogP contribution is -2.57. The number of hydrogen-bond donors (Lipinski definition) is 2. The number of nitrogens with one attached hydrogen (secondary N) is 2. The Labute approximate surface area is 113 Å². The van der Waals surface area contributed by atoms with E-state index in [0.29, 0.717) is 12.2 Å². The molecule has 0 radical (unpaired) electrons. The van der Waals surface area contributed by atoms with Gasteiger partial charge in [0.15, 0.2) is 5.69 Å². The number of aromatic amines is 1. The van der Waals surface area contributed by atoms with Gasteiger partial charge >= 0.3 is 0 Å². The number of carbonyl (C=O) groups is 1. The van der Waals surface area contributed by atoms with Crippen molar-refractivity contribution in [3.63, 3.8) is 0 Å². The van der Waals surface area contributed by atoms with E-state index in [-0.39, 0.29) is 11.4 Å². The van der Waals surface area contributed by atoms with Crippen LogP contribution >= 0.6 is 0 Å². The summed E-state index contributed by atoms with van der Waals surface area (Å²) in [5.74, 6) is -0.184. The lowest BCUT2D eigenvalue weighted by molar-refractivity contribution is 0.0587. The molecule has 106 valence electrons. The van der Waals surface area contributed by atoms with Crippen molar-refractivity contribution in [2.45, 2.75) is 19.4 Å². The summed E-state index contributed by atoms with van der Waals surface area (Å²) in [5.41, 5.74) is 0.273. The average molecular weight is 266 g/mol. The van der Waals surface area contributed by atoms with Gasteiger partial charge in [0.1, 0.15) is 0 Å². The number of carbonyl (C=O) groups excluding carboxylic acids is 1. The van der Waals surface area contributed by atoms with Gasteiger partial charge in [0.25, 0.3) is 5.91 Å². The second-order valence-electron chi connectivity index (χ2n) is 5.64. The maximum absolute atomic E-state index is 11.8. The number of hydrogen-bond acceptors (Lipinski definition) is 5. The van der Waals surface area contributed by atoms with Crippen LogP contribution in [0.2, 0.25) is 0 Å². The highest BCUT2D eigenvalue weighted by Crippen LogP contribution is 2.15. The minimum atomic E-state index is -0.184. The molecule has 1 fully saturated rings. The molecule has 1 saturated heterocycles. The molecule has 2 rings (SSSR count). The van der Waals surface area contributed by atoms with Gasteiger partial charge in [-0.3, -0.25) is 9.69 Å². The van der Waals surface area contributed by atoms with Gasteiger partial charge in [0.05, 0.1) is 6.20 Å². The van der Waals surface area contributed by atoms with E-state index >= 15 is 0 Å². The normalized spacial score (nSPS) is 18.5. The molecule has 0 bridgehead atoms. The van der Waals surface area contributed by atoms with Gasteiger partial charge in [-0.2, -0.15) is 15.4 Å². The largest absolute Gasteiger partial charge is 0.349 e. The second kappa shape index (κ2) is 5.66. The topological polar surface area (TPSA) is 77.1 Å². The Morgan fingerprint density at radius 2 is 2.11 bits per heavy atom. The smallest absolute Gasteiger partial charge is 0.273 e. The van der Waals surface area contributed by atoms with Crippen molar-refractivity contribution in [2.24, 2.45) is 0 Å². The monoisotopic (exact) mass is 266 g/mol. The van der Waals surface area contributed by atoms with Gasteiger partial charge in [-0.05, 0) is 20.9 Å². The zero-order valence-electron chi connectivity index (χ0n) is 11.8. The molecule has 7 heteroatoms. The highest BCUT2D eigenvalue weighted by atomic mass is 16.2. The SMILES string of the molecule is CN1CCN(C(C)(C)CNC(=O)c2cn[nH]n2)CC1. The molecule has 1 aliphatic heterocycles. The molecule has 0 spiro atoms. The van der Waals surface area contributed by atoms with Gasteiger partial charge in [0, 0.05) is 38.3 Å². The molecule has 0 aliphatic carbocycles. The van der Waals surface area contributed by atoms with E-state index in [4.69, 9.17) is 0 Å². The van der Waals surface area contributed by atoms with Crippen molar-refractivity contribution in [1.82, 2.24) is 30.5 Å². The number of likely N-dealkylation sites (N-methyl/N-ethyl adjacent to an activating group) is 1. The molecule has 0 atom stereocenters. The summed E-state index contributed by atoms with van der Waals surface area (Å²) in [4.78, 5) is 16.6. The maximum atomic E-state index is 11.8. The van der Waals surface area contributed by atoms with Crippen LogP contribution in [-0.4, -0.2) is 76.4 Å². The molecule has 0 aromatic carbocycles. The van der Waals surface area contributed by atoms with Gasteiger partial charge in [-0.15, -0.1) is 0 Å². The average Bonchev–Trinajstić information content (AvgIpc) is 2.90. The minimum absolute atomic E-state index is 0.0549. The highest BCUT2D eigenvalue weighted by molar-refractivity contribution is 5.91. The Bertz CT molecular complexity index is 408. The summed E-state index contributed by atoms with van der Waals surface area (Å²) in [6, 6.07) is 0. The fraction of sp³-hybridized carbons (Fsp3) is 0.750. The lowest BCUT2D eigenvalue weighted by atomic mass is 10.0. The van der Waals surface area contributed by atoms with Crippen LogP contribution in [0.5, 0.6) is 0 Å². The summed E-state index contributed by atoms with van der Waals surface area (Å²) in [6.07, 6.45) is 1.43. The third-order valence-corrected chi connectivity index (χ3v) is 3.69. The Hall–Kier alpha value is -1.47. The third kappa shape index (κ3) is 3.51. The molecular formula is C12H22N6O. The molecule has 1 aliphatic rings. The number of piperazine rings is 1. The first-order chi connectivity index (χ1) is 8.99. The fourth-order valence-electron chi connectivity index (χ4n) is 2.22. The van der Waals surface area contributed by atoms with Crippen LogP contribution in [0.4, 0.5) is 0 Å². The van der Waals surface area contributed by atoms with Gasteiger partial charge in [-0.25, -0.2) is 0 Å². The predicted molar refractivity (Wildman–Crippen MR) is 71.9 cm³/mol. The van der Waals surface area contributed by atoms with Gasteiger partial charge in [0.2, 0.25) is 0 Å². The van der Waals surface area contributed by atoms with Crippen LogP contribution in [-0.2, 0) is 0 Å². The van der Waals surface area contributed by atoms with Crippen molar-refractivity contribution < 1.29 is 4.79 Å². The van der Waals surface area contributed by atoms with Gasteiger partial charge in [-0.1, -0.05) is 0 Å². The summed E-state index contributed by atoms with van der Waals surface area (Å²) >= 11 is 0. The van der Waals surface area contributed by atoms with E-state index in [2.05, 4.69) is 51.4 Å². The quantitative estimate of drug-likeness (QED) is 0.772. The van der Waals surface area contributed by atoms with E-state index in [9.17, 15) is 4.79 Å². The van der Waals surface area contributed by atoms with E-state index in [1.807, 2.05) is 0 Å². The molecule has 0 unspecified atom stereocenters. The molecule has 1 aromatic heterocycles. The number of H-pyrrole nitrogens is 1. The molecule has 19 heavy (non-hydrogen) atoms. The Morgan fingerprint density at radius 1 is 1.42 bits per heavy atom. The fourth-order valence-corrected chi connectivity index (χ4v) is 2.22. The Balaban J connectivity index is 1.85. The molecule has 1 amide bonds. The predicted octanol–water partition coefficient (Wildman–Crippen LogP) is -0.439. The summed E-state index contributed by atoms with van der Waals surface area (Å²) in [5, 5.41) is 12.8. The Morgan fingerprint density at radius 3 is 2.68 bits per heavy atom. The first-order valence-electron chi connectivity index (χ1n) is 6.56. The number of amides is 1. The summed E-state index contributed by atoms with van der Waals surface area (Å²) in [6.45, 7) is 9.11. The van der Waals surface area contributed by atoms with Crippen LogP contribution in [0.25, 0.3) is 0 Å². The van der Waals surface area contributed by atoms with Gasteiger partial charge < -0.3 is 10.2 Å². The van der Waals surface area contributed by atoms with Crippen LogP contribution < -0.4 is 5.32 Å². The van der Waals surface area contributed by atoms with Crippen molar-refractivity contribution in [1.29, 1.82) is 0 Å². The molecular weight excluding hydrogens is 244 g/mol. The molecule has 7 nitrogen and oxygen atoms in total. The maximum Gasteiger partial charge on any atom is 0.273 e. The van der Waals surface area contributed by atoms with E-state index < -0.39 is 0 Å². The van der Waals surface area contributed by atoms with E-state index in [1.54, 1.807) is 0 Å². The zero-order chi connectivity index (χ0) is 13.9. The number of nitrogens with zero attached hydrogens (tertiary/aromatic N) is 4. The molecule has 0 saturated carbocycles. The third-order valence-electron chi connectivity index (χ3n) is 3.69. The van der Waals surface area contributed by atoms with Crippen molar-refractivity contribution in [2.75, 3.05) is 39.8 Å².